The first-order chi connectivity index (χ1) is 10.4. The Hall–Kier alpha value is -1.30. The molecule has 1 aromatic carbocycles. The number of rotatable bonds is 3. The van der Waals surface area contributed by atoms with Gasteiger partial charge in [-0.25, -0.2) is 4.98 Å². The van der Waals surface area contributed by atoms with Gasteiger partial charge in [-0.2, -0.15) is 11.8 Å². The molecule has 0 saturated heterocycles. The number of fused-ring (bicyclic) bond motifs is 2. The SMILES string of the molecule is c1ccc2c(c1)CCSCC2NCc1cn2ccsc2n1. The summed E-state index contributed by atoms with van der Waals surface area (Å²) in [5.74, 6) is 2.36. The second kappa shape index (κ2) is 5.83. The van der Waals surface area contributed by atoms with Crippen LogP contribution in [-0.2, 0) is 13.0 Å². The molecule has 0 amide bonds. The predicted molar refractivity (Wildman–Crippen MR) is 90.1 cm³/mol. The molecule has 3 nitrogen and oxygen atoms in total. The van der Waals surface area contributed by atoms with Crippen molar-refractivity contribution in [2.45, 2.75) is 19.0 Å². The number of nitrogens with zero attached hydrogens (tertiary/aromatic N) is 2. The van der Waals surface area contributed by atoms with Gasteiger partial charge in [-0.05, 0) is 23.3 Å². The lowest BCUT2D eigenvalue weighted by Gasteiger charge is -2.18. The van der Waals surface area contributed by atoms with Crippen molar-refractivity contribution in [1.82, 2.24) is 14.7 Å². The maximum Gasteiger partial charge on any atom is 0.193 e. The Morgan fingerprint density at radius 1 is 1.33 bits per heavy atom. The summed E-state index contributed by atoms with van der Waals surface area (Å²) in [7, 11) is 0. The summed E-state index contributed by atoms with van der Waals surface area (Å²) in [5, 5.41) is 5.76. The Balaban J connectivity index is 1.52. The van der Waals surface area contributed by atoms with Gasteiger partial charge in [0.1, 0.15) is 0 Å². The smallest absolute Gasteiger partial charge is 0.193 e. The lowest BCUT2D eigenvalue weighted by Crippen LogP contribution is -2.23. The van der Waals surface area contributed by atoms with Crippen LogP contribution in [-0.4, -0.2) is 20.9 Å². The van der Waals surface area contributed by atoms with Crippen LogP contribution in [0.15, 0.2) is 42.0 Å². The molecule has 4 rings (SSSR count). The first-order valence-electron chi connectivity index (χ1n) is 7.20. The standard InChI is InChI=1S/C16H17N3S2/c1-2-4-14-12(3-1)5-7-20-11-15(14)17-9-13-10-19-6-8-21-16(19)18-13/h1-4,6,8,10,15,17H,5,7,9,11H2. The molecule has 0 bridgehead atoms. The van der Waals surface area contributed by atoms with Crippen molar-refractivity contribution in [2.75, 3.05) is 11.5 Å². The van der Waals surface area contributed by atoms with Crippen LogP contribution < -0.4 is 5.32 Å². The molecular formula is C16H17N3S2. The van der Waals surface area contributed by atoms with Gasteiger partial charge < -0.3 is 5.32 Å². The topological polar surface area (TPSA) is 29.3 Å². The lowest BCUT2D eigenvalue weighted by molar-refractivity contribution is 0.575. The molecule has 108 valence electrons. The molecule has 1 atom stereocenters. The molecule has 2 aromatic heterocycles. The number of aromatic nitrogens is 2. The minimum atomic E-state index is 0.424. The van der Waals surface area contributed by atoms with E-state index in [-0.39, 0.29) is 0 Å². The third-order valence-corrected chi connectivity index (χ3v) is 5.74. The average molecular weight is 315 g/mol. The van der Waals surface area contributed by atoms with E-state index in [1.54, 1.807) is 11.3 Å². The summed E-state index contributed by atoms with van der Waals surface area (Å²) in [5.41, 5.74) is 4.07. The van der Waals surface area contributed by atoms with Gasteiger partial charge in [0.25, 0.3) is 0 Å². The van der Waals surface area contributed by atoms with Crippen LogP contribution in [0.3, 0.4) is 0 Å². The number of hydrogen-bond donors (Lipinski definition) is 1. The van der Waals surface area contributed by atoms with Crippen LogP contribution in [0.2, 0.25) is 0 Å². The molecule has 0 saturated carbocycles. The maximum atomic E-state index is 4.65. The van der Waals surface area contributed by atoms with Gasteiger partial charge in [0.2, 0.25) is 0 Å². The van der Waals surface area contributed by atoms with E-state index >= 15 is 0 Å². The molecule has 1 aliphatic heterocycles. The fourth-order valence-corrected chi connectivity index (χ4v) is 4.62. The summed E-state index contributed by atoms with van der Waals surface area (Å²) in [6.45, 7) is 0.827. The Morgan fingerprint density at radius 2 is 2.29 bits per heavy atom. The Morgan fingerprint density at radius 3 is 3.24 bits per heavy atom. The maximum absolute atomic E-state index is 4.65. The second-order valence-electron chi connectivity index (χ2n) is 5.28. The number of thioether (sulfide) groups is 1. The quantitative estimate of drug-likeness (QED) is 0.802. The van der Waals surface area contributed by atoms with Crippen LogP contribution in [0.5, 0.6) is 0 Å². The van der Waals surface area contributed by atoms with Gasteiger partial charge in [0, 0.05) is 36.1 Å². The van der Waals surface area contributed by atoms with Gasteiger partial charge in [-0.15, -0.1) is 11.3 Å². The zero-order chi connectivity index (χ0) is 14.1. The Labute approximate surface area is 132 Å². The predicted octanol–water partition coefficient (Wildman–Crippen LogP) is 3.52. The number of aryl methyl sites for hydroxylation is 1. The molecule has 0 aliphatic carbocycles. The molecule has 0 spiro atoms. The minimum Gasteiger partial charge on any atom is -0.303 e. The fraction of sp³-hybridized carbons (Fsp3) is 0.312. The van der Waals surface area contributed by atoms with Crippen LogP contribution in [0.25, 0.3) is 4.96 Å². The zero-order valence-corrected chi connectivity index (χ0v) is 13.3. The third kappa shape index (κ3) is 2.73. The average Bonchev–Trinajstić information content (AvgIpc) is 3.02. The number of hydrogen-bond acceptors (Lipinski definition) is 4. The monoisotopic (exact) mass is 315 g/mol. The van der Waals surface area contributed by atoms with Crippen molar-refractivity contribution in [2.24, 2.45) is 0 Å². The van der Waals surface area contributed by atoms with E-state index in [0.29, 0.717) is 6.04 Å². The largest absolute Gasteiger partial charge is 0.303 e. The molecule has 0 fully saturated rings. The van der Waals surface area contributed by atoms with Gasteiger partial charge in [0.05, 0.1) is 5.69 Å². The third-order valence-electron chi connectivity index (χ3n) is 3.90. The number of thiazole rings is 1. The summed E-state index contributed by atoms with van der Waals surface area (Å²) < 4.78 is 2.09. The molecule has 3 heterocycles. The first-order valence-corrected chi connectivity index (χ1v) is 9.23. The number of imidazole rings is 1. The minimum absolute atomic E-state index is 0.424. The van der Waals surface area contributed by atoms with Crippen LogP contribution in [0, 0.1) is 0 Å². The van der Waals surface area contributed by atoms with Crippen molar-refractivity contribution < 1.29 is 0 Å². The van der Waals surface area contributed by atoms with E-state index in [0.717, 1.165) is 23.0 Å². The van der Waals surface area contributed by atoms with Crippen molar-refractivity contribution in [1.29, 1.82) is 0 Å². The van der Waals surface area contributed by atoms with E-state index in [1.807, 2.05) is 11.8 Å². The lowest BCUT2D eigenvalue weighted by atomic mass is 10.00. The van der Waals surface area contributed by atoms with Crippen LogP contribution >= 0.6 is 23.1 Å². The van der Waals surface area contributed by atoms with Crippen molar-refractivity contribution in [3.05, 3.63) is 58.9 Å². The molecule has 1 aliphatic rings. The molecule has 3 aromatic rings. The molecule has 1 unspecified atom stereocenters. The highest BCUT2D eigenvalue weighted by molar-refractivity contribution is 7.99. The van der Waals surface area contributed by atoms with Crippen molar-refractivity contribution in [3.8, 4) is 0 Å². The zero-order valence-electron chi connectivity index (χ0n) is 11.7. The van der Waals surface area contributed by atoms with Gasteiger partial charge in [-0.1, -0.05) is 24.3 Å². The second-order valence-corrected chi connectivity index (χ2v) is 7.31. The van der Waals surface area contributed by atoms with E-state index in [9.17, 15) is 0 Å². The molecule has 0 radical (unpaired) electrons. The van der Waals surface area contributed by atoms with Gasteiger partial charge in [-0.3, -0.25) is 4.40 Å². The Kier molecular flexibility index (Phi) is 3.71. The normalized spacial score (nSPS) is 18.6. The van der Waals surface area contributed by atoms with E-state index in [1.165, 1.54) is 23.3 Å². The van der Waals surface area contributed by atoms with Crippen molar-refractivity contribution >= 4 is 28.1 Å². The van der Waals surface area contributed by atoms with E-state index in [2.05, 4.69) is 56.7 Å². The summed E-state index contributed by atoms with van der Waals surface area (Å²) >= 11 is 3.72. The van der Waals surface area contributed by atoms with Crippen molar-refractivity contribution in [3.63, 3.8) is 0 Å². The van der Waals surface area contributed by atoms with E-state index in [4.69, 9.17) is 0 Å². The summed E-state index contributed by atoms with van der Waals surface area (Å²) in [4.78, 5) is 5.72. The highest BCUT2D eigenvalue weighted by Crippen LogP contribution is 2.27. The molecular weight excluding hydrogens is 298 g/mol. The molecule has 5 heteroatoms. The summed E-state index contributed by atoms with van der Waals surface area (Å²) in [6.07, 6.45) is 5.36. The highest BCUT2D eigenvalue weighted by Gasteiger charge is 2.18. The molecule has 21 heavy (non-hydrogen) atoms. The van der Waals surface area contributed by atoms with Gasteiger partial charge >= 0.3 is 0 Å². The van der Waals surface area contributed by atoms with Crippen LogP contribution in [0.4, 0.5) is 0 Å². The van der Waals surface area contributed by atoms with Crippen LogP contribution in [0.1, 0.15) is 22.9 Å². The first kappa shape index (κ1) is 13.4. The number of nitrogens with one attached hydrogen (secondary N) is 1. The Bertz CT molecular complexity index is 718. The fourth-order valence-electron chi connectivity index (χ4n) is 2.83. The number of benzene rings is 1. The highest BCUT2D eigenvalue weighted by atomic mass is 32.2. The van der Waals surface area contributed by atoms with Gasteiger partial charge in [0.15, 0.2) is 4.96 Å². The van der Waals surface area contributed by atoms with E-state index < -0.39 is 0 Å². The molecule has 1 N–H and O–H groups in total. The summed E-state index contributed by atoms with van der Waals surface area (Å²) in [6, 6.07) is 9.26.